The van der Waals surface area contributed by atoms with E-state index >= 15 is 0 Å². The molecular formula is C18H29N3O. The van der Waals surface area contributed by atoms with Crippen molar-refractivity contribution in [3.8, 4) is 0 Å². The Labute approximate surface area is 134 Å². The first-order valence-electron chi connectivity index (χ1n) is 8.14. The van der Waals surface area contributed by atoms with Gasteiger partial charge in [0.15, 0.2) is 0 Å². The number of nitrogen functional groups attached to an aromatic ring is 1. The van der Waals surface area contributed by atoms with E-state index in [1.807, 2.05) is 32.9 Å². The molecule has 0 aliphatic carbocycles. The maximum atomic E-state index is 12.2. The Hall–Kier alpha value is -1.55. The number of nitrogens with zero attached hydrogens (tertiary/aromatic N) is 1. The summed E-state index contributed by atoms with van der Waals surface area (Å²) < 4.78 is 0. The number of rotatable bonds is 3. The third kappa shape index (κ3) is 4.47. The van der Waals surface area contributed by atoms with Crippen LogP contribution in [-0.2, 0) is 11.3 Å². The minimum Gasteiger partial charge on any atom is -0.399 e. The van der Waals surface area contributed by atoms with Crippen molar-refractivity contribution in [1.29, 1.82) is 0 Å². The smallest absolute Gasteiger partial charge is 0.223 e. The summed E-state index contributed by atoms with van der Waals surface area (Å²) in [6.07, 6.45) is 1.87. The van der Waals surface area contributed by atoms with Gasteiger partial charge in [0.2, 0.25) is 5.91 Å². The molecule has 1 heterocycles. The van der Waals surface area contributed by atoms with Crippen LogP contribution in [0.2, 0.25) is 0 Å². The van der Waals surface area contributed by atoms with Crippen LogP contribution in [0.25, 0.3) is 0 Å². The normalized spacial score (nSPS) is 17.5. The quantitative estimate of drug-likeness (QED) is 0.844. The molecule has 4 nitrogen and oxygen atoms in total. The number of carbonyl (C=O) groups excluding carboxylic acids is 1. The van der Waals surface area contributed by atoms with Gasteiger partial charge in [0.25, 0.3) is 0 Å². The predicted octanol–water partition coefficient (Wildman–Crippen LogP) is 2.70. The number of nitrogens with one attached hydrogen (secondary N) is 1. The number of piperidine rings is 1. The van der Waals surface area contributed by atoms with E-state index in [2.05, 4.69) is 23.2 Å². The topological polar surface area (TPSA) is 58.4 Å². The SMILES string of the molecule is Cc1c(N)cccc1CN1CCC(C(=O)NC(C)(C)C)CC1. The van der Waals surface area contributed by atoms with Crippen molar-refractivity contribution in [2.45, 2.75) is 52.6 Å². The number of nitrogens with two attached hydrogens (primary N) is 1. The van der Waals surface area contributed by atoms with Crippen LogP contribution < -0.4 is 11.1 Å². The minimum atomic E-state index is -0.146. The molecule has 0 saturated carbocycles. The molecule has 1 aromatic carbocycles. The van der Waals surface area contributed by atoms with Gasteiger partial charge in [-0.3, -0.25) is 9.69 Å². The zero-order chi connectivity index (χ0) is 16.3. The summed E-state index contributed by atoms with van der Waals surface area (Å²) in [6.45, 7) is 11.0. The van der Waals surface area contributed by atoms with Crippen molar-refractivity contribution < 1.29 is 4.79 Å². The van der Waals surface area contributed by atoms with Crippen molar-refractivity contribution >= 4 is 11.6 Å². The first kappa shape index (κ1) is 16.8. The molecule has 3 N–H and O–H groups in total. The number of hydrogen-bond donors (Lipinski definition) is 2. The van der Waals surface area contributed by atoms with Crippen molar-refractivity contribution in [2.75, 3.05) is 18.8 Å². The highest BCUT2D eigenvalue weighted by Gasteiger charge is 2.27. The van der Waals surface area contributed by atoms with Crippen LogP contribution in [0.4, 0.5) is 5.69 Å². The first-order chi connectivity index (χ1) is 10.3. The lowest BCUT2D eigenvalue weighted by Crippen LogP contribution is -2.46. The van der Waals surface area contributed by atoms with E-state index in [-0.39, 0.29) is 17.4 Å². The number of amides is 1. The van der Waals surface area contributed by atoms with E-state index in [0.717, 1.165) is 38.2 Å². The second-order valence-electron chi connectivity index (χ2n) is 7.42. The Morgan fingerprint density at radius 1 is 1.32 bits per heavy atom. The van der Waals surface area contributed by atoms with Crippen molar-refractivity contribution in [3.63, 3.8) is 0 Å². The van der Waals surface area contributed by atoms with Crippen LogP contribution in [0, 0.1) is 12.8 Å². The predicted molar refractivity (Wildman–Crippen MR) is 91.5 cm³/mol. The van der Waals surface area contributed by atoms with E-state index in [1.165, 1.54) is 11.1 Å². The second kappa shape index (κ2) is 6.69. The van der Waals surface area contributed by atoms with E-state index in [4.69, 9.17) is 5.73 Å². The zero-order valence-electron chi connectivity index (χ0n) is 14.3. The van der Waals surface area contributed by atoms with Crippen molar-refractivity contribution in [2.24, 2.45) is 5.92 Å². The van der Waals surface area contributed by atoms with E-state index < -0.39 is 0 Å². The van der Waals surface area contributed by atoms with E-state index in [1.54, 1.807) is 0 Å². The van der Waals surface area contributed by atoms with Gasteiger partial charge in [0.1, 0.15) is 0 Å². The molecule has 1 amide bonds. The average Bonchev–Trinajstić information content (AvgIpc) is 2.43. The molecule has 0 bridgehead atoms. The number of anilines is 1. The lowest BCUT2D eigenvalue weighted by molar-refractivity contribution is -0.127. The van der Waals surface area contributed by atoms with Gasteiger partial charge in [-0.1, -0.05) is 12.1 Å². The molecule has 1 aromatic rings. The molecule has 0 radical (unpaired) electrons. The van der Waals surface area contributed by atoms with Gasteiger partial charge in [-0.05, 0) is 70.8 Å². The van der Waals surface area contributed by atoms with Crippen LogP contribution in [0.15, 0.2) is 18.2 Å². The fourth-order valence-corrected chi connectivity index (χ4v) is 2.94. The molecule has 1 aliphatic heterocycles. The maximum absolute atomic E-state index is 12.2. The van der Waals surface area contributed by atoms with Crippen LogP contribution in [0.5, 0.6) is 0 Å². The molecule has 22 heavy (non-hydrogen) atoms. The Kier molecular flexibility index (Phi) is 5.12. The fraction of sp³-hybridized carbons (Fsp3) is 0.611. The van der Waals surface area contributed by atoms with Gasteiger partial charge < -0.3 is 11.1 Å². The standard InChI is InChI=1S/C18H29N3O/c1-13-15(6-5-7-16(13)19)12-21-10-8-14(9-11-21)17(22)20-18(2,3)4/h5-7,14H,8-12,19H2,1-4H3,(H,20,22). The summed E-state index contributed by atoms with van der Waals surface area (Å²) in [5, 5.41) is 3.10. The monoisotopic (exact) mass is 303 g/mol. The second-order valence-corrected chi connectivity index (χ2v) is 7.42. The van der Waals surface area contributed by atoms with Gasteiger partial charge >= 0.3 is 0 Å². The van der Waals surface area contributed by atoms with Crippen LogP contribution >= 0.6 is 0 Å². The third-order valence-electron chi connectivity index (χ3n) is 4.34. The third-order valence-corrected chi connectivity index (χ3v) is 4.34. The van der Waals surface area contributed by atoms with Crippen LogP contribution in [0.3, 0.4) is 0 Å². The summed E-state index contributed by atoms with van der Waals surface area (Å²) >= 11 is 0. The van der Waals surface area contributed by atoms with E-state index in [0.29, 0.717) is 0 Å². The highest BCUT2D eigenvalue weighted by atomic mass is 16.2. The molecule has 2 rings (SSSR count). The Morgan fingerprint density at radius 2 is 1.95 bits per heavy atom. The molecule has 4 heteroatoms. The number of carbonyl (C=O) groups is 1. The first-order valence-corrected chi connectivity index (χ1v) is 8.14. The summed E-state index contributed by atoms with van der Waals surface area (Å²) in [4.78, 5) is 14.7. The fourth-order valence-electron chi connectivity index (χ4n) is 2.94. The average molecular weight is 303 g/mol. The molecule has 0 atom stereocenters. The highest BCUT2D eigenvalue weighted by molar-refractivity contribution is 5.79. The number of likely N-dealkylation sites (tertiary alicyclic amines) is 1. The summed E-state index contributed by atoms with van der Waals surface area (Å²) in [7, 11) is 0. The van der Waals surface area contributed by atoms with Gasteiger partial charge in [0.05, 0.1) is 0 Å². The summed E-state index contributed by atoms with van der Waals surface area (Å²) in [5.41, 5.74) is 9.15. The lowest BCUT2D eigenvalue weighted by atomic mass is 9.94. The lowest BCUT2D eigenvalue weighted by Gasteiger charge is -2.33. The zero-order valence-corrected chi connectivity index (χ0v) is 14.3. The summed E-state index contributed by atoms with van der Waals surface area (Å²) in [5.74, 6) is 0.352. The van der Waals surface area contributed by atoms with E-state index in [9.17, 15) is 4.79 Å². The molecule has 0 aromatic heterocycles. The molecule has 0 unspecified atom stereocenters. The Bertz CT molecular complexity index is 526. The van der Waals surface area contributed by atoms with Crippen LogP contribution in [-0.4, -0.2) is 29.4 Å². The Balaban J connectivity index is 1.87. The summed E-state index contributed by atoms with van der Waals surface area (Å²) in [6, 6.07) is 6.10. The highest BCUT2D eigenvalue weighted by Crippen LogP contribution is 2.22. The van der Waals surface area contributed by atoms with Crippen LogP contribution in [0.1, 0.15) is 44.7 Å². The van der Waals surface area contributed by atoms with Crippen molar-refractivity contribution in [3.05, 3.63) is 29.3 Å². The number of hydrogen-bond acceptors (Lipinski definition) is 3. The van der Waals surface area contributed by atoms with Gasteiger partial charge in [-0.2, -0.15) is 0 Å². The van der Waals surface area contributed by atoms with Gasteiger partial charge in [-0.25, -0.2) is 0 Å². The van der Waals surface area contributed by atoms with Gasteiger partial charge in [-0.15, -0.1) is 0 Å². The minimum absolute atomic E-state index is 0.146. The number of benzene rings is 1. The Morgan fingerprint density at radius 3 is 2.55 bits per heavy atom. The molecule has 0 spiro atoms. The van der Waals surface area contributed by atoms with Gasteiger partial charge in [0, 0.05) is 23.7 Å². The molecule has 1 fully saturated rings. The molecule has 1 saturated heterocycles. The molecule has 122 valence electrons. The largest absolute Gasteiger partial charge is 0.399 e. The molecular weight excluding hydrogens is 274 g/mol. The molecule has 1 aliphatic rings. The van der Waals surface area contributed by atoms with Crippen molar-refractivity contribution in [1.82, 2.24) is 10.2 Å². The maximum Gasteiger partial charge on any atom is 0.223 e.